The molecule has 1 aliphatic rings. The minimum atomic E-state index is -0.154. The summed E-state index contributed by atoms with van der Waals surface area (Å²) in [6.45, 7) is 6.74. The smallest absolute Gasteiger partial charge is 0.146 e. The molecular formula is C17H27FN2O. The molecule has 0 aromatic heterocycles. The topological polar surface area (TPSA) is 24.5 Å². The second-order valence-corrected chi connectivity index (χ2v) is 5.87. The van der Waals surface area contributed by atoms with Crippen LogP contribution in [0.1, 0.15) is 44.7 Å². The zero-order valence-corrected chi connectivity index (χ0v) is 13.4. The van der Waals surface area contributed by atoms with E-state index in [-0.39, 0.29) is 18.0 Å². The van der Waals surface area contributed by atoms with Gasteiger partial charge >= 0.3 is 0 Å². The van der Waals surface area contributed by atoms with E-state index in [0.29, 0.717) is 5.69 Å². The lowest BCUT2D eigenvalue weighted by atomic mass is 10.0. The van der Waals surface area contributed by atoms with Gasteiger partial charge < -0.3 is 15.0 Å². The van der Waals surface area contributed by atoms with E-state index < -0.39 is 0 Å². The van der Waals surface area contributed by atoms with Crippen molar-refractivity contribution < 1.29 is 9.13 Å². The van der Waals surface area contributed by atoms with Crippen LogP contribution in [0, 0.1) is 5.82 Å². The minimum absolute atomic E-state index is 0.141. The number of ether oxygens (including phenoxy) is 1. The maximum atomic E-state index is 14.3. The number of likely N-dealkylation sites (N-methyl/N-ethyl adjacent to an activating group) is 1. The van der Waals surface area contributed by atoms with Crippen LogP contribution in [-0.4, -0.2) is 32.8 Å². The first-order chi connectivity index (χ1) is 10.1. The molecule has 21 heavy (non-hydrogen) atoms. The van der Waals surface area contributed by atoms with E-state index in [2.05, 4.69) is 19.2 Å². The lowest BCUT2D eigenvalue weighted by Crippen LogP contribution is -2.31. The van der Waals surface area contributed by atoms with Crippen LogP contribution in [0.15, 0.2) is 18.2 Å². The van der Waals surface area contributed by atoms with Gasteiger partial charge in [-0.05, 0) is 44.4 Å². The number of anilines is 1. The molecule has 1 aromatic carbocycles. The Labute approximate surface area is 127 Å². The van der Waals surface area contributed by atoms with Gasteiger partial charge in [0.2, 0.25) is 0 Å². The van der Waals surface area contributed by atoms with Crippen LogP contribution in [0.2, 0.25) is 0 Å². The van der Waals surface area contributed by atoms with Crippen LogP contribution in [-0.2, 0) is 4.74 Å². The van der Waals surface area contributed by atoms with Gasteiger partial charge in [-0.2, -0.15) is 0 Å². The number of rotatable bonds is 7. The van der Waals surface area contributed by atoms with Crippen molar-refractivity contribution in [2.24, 2.45) is 0 Å². The fourth-order valence-electron chi connectivity index (χ4n) is 2.94. The number of nitrogens with one attached hydrogen (secondary N) is 1. The molecule has 118 valence electrons. The fourth-order valence-corrected chi connectivity index (χ4v) is 2.94. The molecular weight excluding hydrogens is 267 g/mol. The van der Waals surface area contributed by atoms with Crippen molar-refractivity contribution in [2.45, 2.75) is 45.3 Å². The standard InChI is InChI=1S/C17H27FN2O/c1-4-10-19-13(2)15-8-5-9-16(18)17(15)20(3)12-14-7-6-11-21-14/h5,8-9,13-14,19H,4,6-7,10-12H2,1-3H3. The SMILES string of the molecule is CCCNC(C)c1cccc(F)c1N(C)CC1CCCO1. The molecule has 1 aromatic rings. The first-order valence-corrected chi connectivity index (χ1v) is 7.98. The first-order valence-electron chi connectivity index (χ1n) is 7.98. The molecule has 0 spiro atoms. The van der Waals surface area contributed by atoms with Crippen molar-refractivity contribution in [1.82, 2.24) is 5.32 Å². The highest BCUT2D eigenvalue weighted by molar-refractivity contribution is 5.55. The molecule has 1 fully saturated rings. The molecule has 0 bridgehead atoms. The second-order valence-electron chi connectivity index (χ2n) is 5.87. The monoisotopic (exact) mass is 294 g/mol. The molecule has 1 aliphatic heterocycles. The average Bonchev–Trinajstić information content (AvgIpc) is 2.97. The zero-order chi connectivity index (χ0) is 15.2. The highest BCUT2D eigenvalue weighted by atomic mass is 19.1. The summed E-state index contributed by atoms with van der Waals surface area (Å²) in [5, 5.41) is 3.44. The van der Waals surface area contributed by atoms with Crippen molar-refractivity contribution in [1.29, 1.82) is 0 Å². The summed E-state index contributed by atoms with van der Waals surface area (Å²) in [7, 11) is 1.95. The predicted octanol–water partition coefficient (Wildman–Crippen LogP) is 3.50. The summed E-state index contributed by atoms with van der Waals surface area (Å²) in [6.07, 6.45) is 3.47. The minimum Gasteiger partial charge on any atom is -0.376 e. The average molecular weight is 294 g/mol. The lowest BCUT2D eigenvalue weighted by molar-refractivity contribution is 0.116. The van der Waals surface area contributed by atoms with Gasteiger partial charge in [0.1, 0.15) is 5.82 Å². The Kier molecular flexibility index (Phi) is 6.00. The highest BCUT2D eigenvalue weighted by Crippen LogP contribution is 2.29. The van der Waals surface area contributed by atoms with Crippen LogP contribution in [0.5, 0.6) is 0 Å². The molecule has 2 rings (SSSR count). The van der Waals surface area contributed by atoms with Gasteiger partial charge in [-0.25, -0.2) is 4.39 Å². The Morgan fingerprint density at radius 2 is 2.29 bits per heavy atom. The Balaban J connectivity index is 2.15. The Hall–Kier alpha value is -1.13. The summed E-state index contributed by atoms with van der Waals surface area (Å²) < 4.78 is 20.0. The number of para-hydroxylation sites is 1. The van der Waals surface area contributed by atoms with Crippen molar-refractivity contribution in [3.63, 3.8) is 0 Å². The molecule has 4 heteroatoms. The van der Waals surface area contributed by atoms with E-state index in [4.69, 9.17) is 4.74 Å². The molecule has 1 heterocycles. The Bertz CT molecular complexity index is 446. The van der Waals surface area contributed by atoms with Crippen LogP contribution in [0.25, 0.3) is 0 Å². The number of hydrogen-bond donors (Lipinski definition) is 1. The summed E-state index contributed by atoms with van der Waals surface area (Å²) in [4.78, 5) is 2.00. The van der Waals surface area contributed by atoms with E-state index in [9.17, 15) is 4.39 Å². The number of hydrogen-bond acceptors (Lipinski definition) is 3. The normalized spacial score (nSPS) is 19.7. The third-order valence-electron chi connectivity index (χ3n) is 4.07. The highest BCUT2D eigenvalue weighted by Gasteiger charge is 2.22. The van der Waals surface area contributed by atoms with Crippen molar-refractivity contribution in [3.05, 3.63) is 29.6 Å². The molecule has 0 saturated carbocycles. The molecule has 0 amide bonds. The van der Waals surface area contributed by atoms with Crippen molar-refractivity contribution >= 4 is 5.69 Å². The molecule has 0 radical (unpaired) electrons. The molecule has 2 unspecified atom stereocenters. The summed E-state index contributed by atoms with van der Waals surface area (Å²) in [5.41, 5.74) is 1.72. The molecule has 1 N–H and O–H groups in total. The quantitative estimate of drug-likeness (QED) is 0.833. The summed E-state index contributed by atoms with van der Waals surface area (Å²) in [6, 6.07) is 5.48. The van der Waals surface area contributed by atoms with Crippen LogP contribution >= 0.6 is 0 Å². The largest absolute Gasteiger partial charge is 0.376 e. The van der Waals surface area contributed by atoms with Gasteiger partial charge in [0.05, 0.1) is 11.8 Å². The number of halogens is 1. The first kappa shape index (κ1) is 16.2. The van der Waals surface area contributed by atoms with Gasteiger partial charge in [-0.15, -0.1) is 0 Å². The molecule has 1 saturated heterocycles. The van der Waals surface area contributed by atoms with Gasteiger partial charge in [0.25, 0.3) is 0 Å². The molecule has 0 aliphatic carbocycles. The maximum Gasteiger partial charge on any atom is 0.146 e. The van der Waals surface area contributed by atoms with Gasteiger partial charge in [0.15, 0.2) is 0 Å². The fraction of sp³-hybridized carbons (Fsp3) is 0.647. The third kappa shape index (κ3) is 4.17. The van der Waals surface area contributed by atoms with E-state index >= 15 is 0 Å². The summed E-state index contributed by atoms with van der Waals surface area (Å²) >= 11 is 0. The second kappa shape index (κ2) is 7.76. The molecule has 2 atom stereocenters. The Morgan fingerprint density at radius 3 is 2.95 bits per heavy atom. The Morgan fingerprint density at radius 1 is 1.48 bits per heavy atom. The van der Waals surface area contributed by atoms with Gasteiger partial charge in [-0.1, -0.05) is 19.1 Å². The van der Waals surface area contributed by atoms with Gasteiger partial charge in [-0.3, -0.25) is 0 Å². The molecule has 3 nitrogen and oxygen atoms in total. The summed E-state index contributed by atoms with van der Waals surface area (Å²) in [5.74, 6) is -0.154. The van der Waals surface area contributed by atoms with Crippen molar-refractivity contribution in [3.8, 4) is 0 Å². The maximum absolute atomic E-state index is 14.3. The van der Waals surface area contributed by atoms with Crippen LogP contribution in [0.4, 0.5) is 10.1 Å². The number of nitrogens with zero attached hydrogens (tertiary/aromatic N) is 1. The van der Waals surface area contributed by atoms with E-state index in [1.54, 1.807) is 6.07 Å². The van der Waals surface area contributed by atoms with E-state index in [1.165, 1.54) is 6.07 Å². The van der Waals surface area contributed by atoms with Crippen LogP contribution < -0.4 is 10.2 Å². The van der Waals surface area contributed by atoms with E-state index in [1.807, 2.05) is 18.0 Å². The lowest BCUT2D eigenvalue weighted by Gasteiger charge is -2.28. The van der Waals surface area contributed by atoms with E-state index in [0.717, 1.165) is 44.5 Å². The zero-order valence-electron chi connectivity index (χ0n) is 13.4. The third-order valence-corrected chi connectivity index (χ3v) is 4.07. The number of benzene rings is 1. The van der Waals surface area contributed by atoms with Crippen LogP contribution in [0.3, 0.4) is 0 Å². The van der Waals surface area contributed by atoms with Crippen molar-refractivity contribution in [2.75, 3.05) is 31.6 Å². The van der Waals surface area contributed by atoms with Gasteiger partial charge in [0, 0.05) is 26.2 Å². The predicted molar refractivity (Wildman–Crippen MR) is 85.4 cm³/mol.